The number of nitrogens with one attached hydrogen (secondary N) is 2. The average molecular weight is 449 g/mol. The zero-order chi connectivity index (χ0) is 22.7. The standard InChI is InChI=1S/C23H23ClF2N2O3/c1-22(2,3)10-15-23(7-8-27-15)18-14(28-21(23)31)9-12(24)17(20(29)30)16(18)11-5-4-6-13(25)19(11)26/h4-6,9,15,27H,7-8,10H2,1-3H3,(H,28,31)(H,29,30)/t15-,23-/m1/s1. The molecule has 0 radical (unpaired) electrons. The van der Waals surface area contributed by atoms with E-state index in [9.17, 15) is 23.5 Å². The molecule has 1 amide bonds. The van der Waals surface area contributed by atoms with Crippen molar-refractivity contribution in [2.45, 2.75) is 45.1 Å². The van der Waals surface area contributed by atoms with Crippen LogP contribution in [0.5, 0.6) is 0 Å². The Morgan fingerprint density at radius 1 is 1.32 bits per heavy atom. The van der Waals surface area contributed by atoms with Crippen molar-refractivity contribution in [1.82, 2.24) is 5.32 Å². The topological polar surface area (TPSA) is 78.4 Å². The van der Waals surface area contributed by atoms with E-state index in [0.717, 1.165) is 6.07 Å². The number of anilines is 1. The number of carbonyl (C=O) groups is 2. The second kappa shape index (κ2) is 7.28. The Hall–Kier alpha value is -2.51. The Labute approximate surface area is 183 Å². The Morgan fingerprint density at radius 2 is 2.03 bits per heavy atom. The average Bonchev–Trinajstić information content (AvgIpc) is 3.17. The molecule has 2 heterocycles. The molecule has 0 aromatic heterocycles. The van der Waals surface area contributed by atoms with Crippen LogP contribution in [-0.4, -0.2) is 29.6 Å². The number of hydrogen-bond acceptors (Lipinski definition) is 3. The molecule has 0 bridgehead atoms. The van der Waals surface area contributed by atoms with Crippen LogP contribution >= 0.6 is 11.6 Å². The van der Waals surface area contributed by atoms with Gasteiger partial charge in [0, 0.05) is 28.4 Å². The molecule has 0 unspecified atom stereocenters. The highest BCUT2D eigenvalue weighted by Crippen LogP contribution is 2.54. The van der Waals surface area contributed by atoms with Gasteiger partial charge in [0.15, 0.2) is 11.6 Å². The van der Waals surface area contributed by atoms with Crippen molar-refractivity contribution in [3.05, 3.63) is 52.0 Å². The molecule has 2 atom stereocenters. The van der Waals surface area contributed by atoms with E-state index in [4.69, 9.17) is 11.6 Å². The number of carboxylic acid groups (broad SMARTS) is 1. The maximum absolute atomic E-state index is 14.9. The third-order valence-corrected chi connectivity index (χ3v) is 6.43. The molecule has 3 N–H and O–H groups in total. The first-order valence-electron chi connectivity index (χ1n) is 10.1. The first-order chi connectivity index (χ1) is 14.5. The number of rotatable bonds is 3. The van der Waals surface area contributed by atoms with E-state index >= 15 is 0 Å². The number of carboxylic acids is 1. The summed E-state index contributed by atoms with van der Waals surface area (Å²) in [5.74, 6) is -3.95. The number of aromatic carboxylic acids is 1. The van der Waals surface area contributed by atoms with Crippen LogP contribution < -0.4 is 10.6 Å². The van der Waals surface area contributed by atoms with Gasteiger partial charge in [-0.3, -0.25) is 4.79 Å². The minimum absolute atomic E-state index is 0.0482. The number of fused-ring (bicyclic) bond motifs is 2. The molecule has 164 valence electrons. The lowest BCUT2D eigenvalue weighted by atomic mass is 9.68. The molecule has 0 saturated carbocycles. The van der Waals surface area contributed by atoms with Crippen LogP contribution in [0.25, 0.3) is 11.1 Å². The Balaban J connectivity index is 2.09. The van der Waals surface area contributed by atoms with E-state index in [1.807, 2.05) is 20.8 Å². The highest BCUT2D eigenvalue weighted by Gasteiger charge is 2.57. The van der Waals surface area contributed by atoms with Crippen molar-refractivity contribution in [2.75, 3.05) is 11.9 Å². The van der Waals surface area contributed by atoms with Crippen LogP contribution in [0.3, 0.4) is 0 Å². The van der Waals surface area contributed by atoms with E-state index in [0.29, 0.717) is 30.6 Å². The SMILES string of the molecule is CC(C)(C)C[C@H]1NCC[C@@]12C(=O)Nc1cc(Cl)c(C(=O)O)c(-c3cccc(F)c3F)c12. The Morgan fingerprint density at radius 3 is 2.68 bits per heavy atom. The van der Waals surface area contributed by atoms with Gasteiger partial charge in [0.1, 0.15) is 0 Å². The number of halogens is 3. The Kier molecular flexibility index (Phi) is 5.10. The van der Waals surface area contributed by atoms with E-state index in [1.54, 1.807) is 0 Å². The van der Waals surface area contributed by atoms with Crippen LogP contribution in [0.2, 0.25) is 5.02 Å². The zero-order valence-electron chi connectivity index (χ0n) is 17.4. The van der Waals surface area contributed by atoms with Crippen molar-refractivity contribution in [3.63, 3.8) is 0 Å². The largest absolute Gasteiger partial charge is 0.478 e. The van der Waals surface area contributed by atoms with Crippen molar-refractivity contribution < 1.29 is 23.5 Å². The summed E-state index contributed by atoms with van der Waals surface area (Å²) >= 11 is 6.27. The quantitative estimate of drug-likeness (QED) is 0.619. The molecule has 1 fully saturated rings. The minimum atomic E-state index is -1.38. The summed E-state index contributed by atoms with van der Waals surface area (Å²) in [5.41, 5.74) is -1.18. The van der Waals surface area contributed by atoms with Crippen molar-refractivity contribution >= 4 is 29.2 Å². The lowest BCUT2D eigenvalue weighted by Crippen LogP contribution is -2.47. The molecule has 0 aliphatic carbocycles. The fraction of sp³-hybridized carbons (Fsp3) is 0.391. The molecule has 5 nitrogen and oxygen atoms in total. The molecular weight excluding hydrogens is 426 g/mol. The molecule has 2 aromatic carbocycles. The van der Waals surface area contributed by atoms with Crippen LogP contribution in [0, 0.1) is 17.0 Å². The van der Waals surface area contributed by atoms with Crippen molar-refractivity contribution in [1.29, 1.82) is 0 Å². The molecular formula is C23H23ClF2N2O3. The highest BCUT2D eigenvalue weighted by atomic mass is 35.5. The van der Waals surface area contributed by atoms with Gasteiger partial charge in [-0.25, -0.2) is 13.6 Å². The lowest BCUT2D eigenvalue weighted by Gasteiger charge is -2.35. The van der Waals surface area contributed by atoms with Crippen molar-refractivity contribution in [2.24, 2.45) is 5.41 Å². The first kappa shape index (κ1) is 21.7. The number of benzene rings is 2. The molecule has 2 aliphatic rings. The summed E-state index contributed by atoms with van der Waals surface area (Å²) in [6.07, 6.45) is 1.02. The van der Waals surface area contributed by atoms with Gasteiger partial charge < -0.3 is 15.7 Å². The summed E-state index contributed by atoms with van der Waals surface area (Å²) in [6.45, 7) is 6.67. The van der Waals surface area contributed by atoms with Gasteiger partial charge in [0.25, 0.3) is 0 Å². The maximum Gasteiger partial charge on any atom is 0.337 e. The summed E-state index contributed by atoms with van der Waals surface area (Å²) in [7, 11) is 0. The Bertz CT molecular complexity index is 1110. The predicted molar refractivity (Wildman–Crippen MR) is 115 cm³/mol. The molecule has 1 spiro atoms. The summed E-state index contributed by atoms with van der Waals surface area (Å²) in [4.78, 5) is 25.6. The third kappa shape index (κ3) is 3.31. The van der Waals surface area contributed by atoms with Gasteiger partial charge in [0.05, 0.1) is 16.0 Å². The molecule has 2 aliphatic heterocycles. The molecule has 1 saturated heterocycles. The van der Waals surface area contributed by atoms with Gasteiger partial charge in [-0.2, -0.15) is 0 Å². The third-order valence-electron chi connectivity index (χ3n) is 6.13. The molecule has 2 aromatic rings. The number of carbonyl (C=O) groups excluding carboxylic acids is 1. The fourth-order valence-electron chi connectivity index (χ4n) is 4.96. The van der Waals surface area contributed by atoms with E-state index < -0.39 is 23.0 Å². The summed E-state index contributed by atoms with van der Waals surface area (Å²) in [5, 5.41) is 16.0. The van der Waals surface area contributed by atoms with Gasteiger partial charge in [0.2, 0.25) is 5.91 Å². The van der Waals surface area contributed by atoms with Gasteiger partial charge in [-0.1, -0.05) is 44.5 Å². The van der Waals surface area contributed by atoms with Crippen LogP contribution in [0.15, 0.2) is 24.3 Å². The van der Waals surface area contributed by atoms with E-state index in [1.165, 1.54) is 18.2 Å². The monoisotopic (exact) mass is 448 g/mol. The predicted octanol–water partition coefficient (Wildman–Crippen LogP) is 4.97. The minimum Gasteiger partial charge on any atom is -0.478 e. The highest BCUT2D eigenvalue weighted by molar-refractivity contribution is 6.35. The maximum atomic E-state index is 14.9. The van der Waals surface area contributed by atoms with E-state index in [2.05, 4.69) is 10.6 Å². The number of amides is 1. The zero-order valence-corrected chi connectivity index (χ0v) is 18.2. The van der Waals surface area contributed by atoms with Crippen LogP contribution in [0.1, 0.15) is 49.5 Å². The van der Waals surface area contributed by atoms with Crippen molar-refractivity contribution in [3.8, 4) is 11.1 Å². The second-order valence-electron chi connectivity index (χ2n) is 9.38. The summed E-state index contributed by atoms with van der Waals surface area (Å²) < 4.78 is 29.1. The summed E-state index contributed by atoms with van der Waals surface area (Å²) in [6, 6.07) is 4.66. The fourth-order valence-corrected chi connectivity index (χ4v) is 5.24. The van der Waals surface area contributed by atoms with Gasteiger partial charge in [-0.05, 0) is 36.9 Å². The van der Waals surface area contributed by atoms with Crippen LogP contribution in [-0.2, 0) is 10.2 Å². The molecule has 31 heavy (non-hydrogen) atoms. The van der Waals surface area contributed by atoms with Crippen LogP contribution in [0.4, 0.5) is 14.5 Å². The normalized spacial score (nSPS) is 22.6. The second-order valence-corrected chi connectivity index (χ2v) is 9.79. The molecule has 8 heteroatoms. The lowest BCUT2D eigenvalue weighted by molar-refractivity contribution is -0.121. The molecule has 4 rings (SSSR count). The van der Waals surface area contributed by atoms with Gasteiger partial charge >= 0.3 is 5.97 Å². The number of hydrogen-bond donors (Lipinski definition) is 3. The van der Waals surface area contributed by atoms with E-state index in [-0.39, 0.29) is 39.1 Å². The van der Waals surface area contributed by atoms with Gasteiger partial charge in [-0.15, -0.1) is 0 Å². The smallest absolute Gasteiger partial charge is 0.337 e. The first-order valence-corrected chi connectivity index (χ1v) is 10.4.